The van der Waals surface area contributed by atoms with E-state index in [0.29, 0.717) is 25.1 Å². The molecule has 16 nitrogen and oxygen atoms in total. The van der Waals surface area contributed by atoms with Crippen molar-refractivity contribution >= 4 is 35.5 Å². The number of hydrogen-bond acceptors (Lipinski definition) is 9. The molecule has 0 saturated carbocycles. The van der Waals surface area contributed by atoms with Gasteiger partial charge in [0.05, 0.1) is 25.2 Å². The van der Waals surface area contributed by atoms with Crippen molar-refractivity contribution in [1.82, 2.24) is 25.9 Å². The molecule has 0 aliphatic carbocycles. The smallest absolute Gasteiger partial charge is 0.326 e. The van der Waals surface area contributed by atoms with Crippen LogP contribution in [0.1, 0.15) is 37.8 Å². The Morgan fingerprint density at radius 1 is 0.889 bits per heavy atom. The molecule has 36 heavy (non-hydrogen) atoms. The summed E-state index contributed by atoms with van der Waals surface area (Å²) >= 11 is 0. The van der Waals surface area contributed by atoms with Crippen molar-refractivity contribution < 1.29 is 33.9 Å². The van der Waals surface area contributed by atoms with Crippen molar-refractivity contribution in [3.8, 4) is 0 Å². The number of unbranched alkanes of at least 4 members (excludes halogenated alkanes) is 1. The summed E-state index contributed by atoms with van der Waals surface area (Å²) in [6.07, 6.45) is 2.56. The van der Waals surface area contributed by atoms with Crippen molar-refractivity contribution in [1.29, 1.82) is 0 Å². The molecule has 0 spiro atoms. The first kappa shape index (κ1) is 30.0. The Morgan fingerprint density at radius 3 is 1.86 bits per heavy atom. The molecule has 13 N–H and O–H groups in total. The third kappa shape index (κ3) is 10.9. The summed E-state index contributed by atoms with van der Waals surface area (Å²) in [5.41, 5.74) is 22.1. The number of nitrogens with zero attached hydrogens (tertiary/aromatic N) is 1. The Balaban J connectivity index is 2.93. The van der Waals surface area contributed by atoms with Crippen LogP contribution in [0, 0.1) is 0 Å². The SMILES string of the molecule is NCCCCC(NC(=O)C(CC(N)=O)NC(=O)C(CC(N)=O)NC(=O)C(N)Cc1cnc[nH]1)C(=O)O. The number of H-pyrrole nitrogens is 1. The van der Waals surface area contributed by atoms with Crippen LogP contribution in [0.25, 0.3) is 0 Å². The van der Waals surface area contributed by atoms with E-state index in [2.05, 4.69) is 25.9 Å². The van der Waals surface area contributed by atoms with Gasteiger partial charge >= 0.3 is 5.97 Å². The maximum absolute atomic E-state index is 12.8. The third-order valence-corrected chi connectivity index (χ3v) is 4.97. The topological polar surface area (TPSA) is 292 Å². The largest absolute Gasteiger partial charge is 0.480 e. The zero-order valence-electron chi connectivity index (χ0n) is 19.6. The van der Waals surface area contributed by atoms with Crippen LogP contribution in [0.4, 0.5) is 0 Å². The normalized spacial score (nSPS) is 14.1. The third-order valence-electron chi connectivity index (χ3n) is 4.97. The van der Waals surface area contributed by atoms with Crippen molar-refractivity contribution in [2.24, 2.45) is 22.9 Å². The predicted octanol–water partition coefficient (Wildman–Crippen LogP) is -4.30. The molecule has 0 aliphatic heterocycles. The van der Waals surface area contributed by atoms with E-state index in [4.69, 9.17) is 22.9 Å². The molecule has 0 fully saturated rings. The Labute approximate surface area is 206 Å². The van der Waals surface area contributed by atoms with E-state index >= 15 is 0 Å². The number of aromatic amines is 1. The average Bonchev–Trinajstić information content (AvgIpc) is 3.29. The molecule has 0 bridgehead atoms. The van der Waals surface area contributed by atoms with E-state index < -0.39 is 72.5 Å². The minimum atomic E-state index is -1.59. The van der Waals surface area contributed by atoms with Gasteiger partial charge in [-0.25, -0.2) is 9.78 Å². The molecule has 0 saturated heterocycles. The van der Waals surface area contributed by atoms with Gasteiger partial charge in [0.15, 0.2) is 0 Å². The molecule has 1 heterocycles. The minimum Gasteiger partial charge on any atom is -0.480 e. The van der Waals surface area contributed by atoms with Crippen LogP contribution < -0.4 is 38.9 Å². The number of amides is 5. The van der Waals surface area contributed by atoms with Crippen molar-refractivity contribution in [3.63, 3.8) is 0 Å². The number of carboxylic acid groups (broad SMARTS) is 1. The highest BCUT2D eigenvalue weighted by atomic mass is 16.4. The summed E-state index contributed by atoms with van der Waals surface area (Å²) in [7, 11) is 0. The van der Waals surface area contributed by atoms with Gasteiger partial charge in [-0.1, -0.05) is 0 Å². The number of aliphatic carboxylic acids is 1. The van der Waals surface area contributed by atoms with Gasteiger partial charge in [0.25, 0.3) is 0 Å². The fourth-order valence-corrected chi connectivity index (χ4v) is 3.12. The average molecular weight is 512 g/mol. The number of hydrogen-bond donors (Lipinski definition) is 9. The van der Waals surface area contributed by atoms with Gasteiger partial charge in [-0.3, -0.25) is 24.0 Å². The van der Waals surface area contributed by atoms with Gasteiger partial charge in [0, 0.05) is 18.3 Å². The molecule has 1 aromatic heterocycles. The van der Waals surface area contributed by atoms with E-state index in [1.807, 2.05) is 0 Å². The molecule has 200 valence electrons. The number of primary amides is 2. The lowest BCUT2D eigenvalue weighted by molar-refractivity contribution is -0.142. The van der Waals surface area contributed by atoms with Crippen LogP contribution >= 0.6 is 0 Å². The number of carbonyl (C=O) groups is 6. The molecule has 5 amide bonds. The quantitative estimate of drug-likeness (QED) is 0.0906. The fraction of sp³-hybridized carbons (Fsp3) is 0.550. The fourth-order valence-electron chi connectivity index (χ4n) is 3.12. The number of carboxylic acids is 1. The lowest BCUT2D eigenvalue weighted by Crippen LogP contribution is -2.58. The monoisotopic (exact) mass is 511 g/mol. The zero-order chi connectivity index (χ0) is 27.3. The van der Waals surface area contributed by atoms with Crippen LogP contribution in [0.5, 0.6) is 0 Å². The zero-order valence-corrected chi connectivity index (χ0v) is 19.6. The first-order valence-corrected chi connectivity index (χ1v) is 11.1. The van der Waals surface area contributed by atoms with E-state index in [1.165, 1.54) is 12.5 Å². The van der Waals surface area contributed by atoms with E-state index in [9.17, 15) is 33.9 Å². The predicted molar refractivity (Wildman–Crippen MR) is 124 cm³/mol. The highest BCUT2D eigenvalue weighted by Crippen LogP contribution is 2.04. The summed E-state index contributed by atoms with van der Waals surface area (Å²) in [5.74, 6) is -6.07. The number of nitrogens with two attached hydrogens (primary N) is 4. The maximum atomic E-state index is 12.8. The molecular formula is C20H33N9O7. The number of carbonyl (C=O) groups excluding carboxylic acids is 5. The van der Waals surface area contributed by atoms with E-state index in [-0.39, 0.29) is 12.8 Å². The first-order valence-electron chi connectivity index (χ1n) is 11.1. The van der Waals surface area contributed by atoms with Gasteiger partial charge in [-0.15, -0.1) is 0 Å². The molecular weight excluding hydrogens is 478 g/mol. The van der Waals surface area contributed by atoms with Gasteiger partial charge in [0.1, 0.15) is 18.1 Å². The molecule has 4 unspecified atom stereocenters. The van der Waals surface area contributed by atoms with Crippen LogP contribution in [-0.2, 0) is 35.2 Å². The van der Waals surface area contributed by atoms with Gasteiger partial charge in [-0.2, -0.15) is 0 Å². The first-order chi connectivity index (χ1) is 16.9. The molecule has 4 atom stereocenters. The number of nitrogens with one attached hydrogen (secondary N) is 4. The van der Waals surface area contributed by atoms with E-state index in [1.54, 1.807) is 0 Å². The van der Waals surface area contributed by atoms with Gasteiger partial charge < -0.3 is 49.0 Å². The number of rotatable bonds is 17. The second kappa shape index (κ2) is 15.0. The van der Waals surface area contributed by atoms with Gasteiger partial charge in [-0.05, 0) is 25.8 Å². The second-order valence-electron chi connectivity index (χ2n) is 8.03. The van der Waals surface area contributed by atoms with Gasteiger partial charge in [0.2, 0.25) is 29.5 Å². The minimum absolute atomic E-state index is 0.0458. The number of imidazole rings is 1. The summed E-state index contributed by atoms with van der Waals surface area (Å²) in [4.78, 5) is 79.0. The summed E-state index contributed by atoms with van der Waals surface area (Å²) in [5, 5.41) is 16.1. The van der Waals surface area contributed by atoms with Crippen molar-refractivity contribution in [2.45, 2.75) is 62.7 Å². The maximum Gasteiger partial charge on any atom is 0.326 e. The summed E-state index contributed by atoms with van der Waals surface area (Å²) < 4.78 is 0. The highest BCUT2D eigenvalue weighted by Gasteiger charge is 2.32. The molecule has 1 rings (SSSR count). The molecule has 0 aromatic carbocycles. The molecule has 0 aliphatic rings. The Morgan fingerprint density at radius 2 is 1.42 bits per heavy atom. The van der Waals surface area contributed by atoms with Crippen molar-refractivity contribution in [2.75, 3.05) is 6.54 Å². The van der Waals surface area contributed by atoms with Crippen LogP contribution in [0.15, 0.2) is 12.5 Å². The Hall–Kier alpha value is -4.05. The summed E-state index contributed by atoms with van der Waals surface area (Å²) in [6.45, 7) is 0.333. The molecule has 1 aromatic rings. The molecule has 16 heteroatoms. The Kier molecular flexibility index (Phi) is 12.5. The number of aromatic nitrogens is 2. The summed E-state index contributed by atoms with van der Waals surface area (Å²) in [6, 6.07) is -5.55. The standard InChI is InChI=1S/C20H33N9O7/c21-4-2-1-3-12(20(35)36)27-18(33)14(7-16(24)31)29-19(34)13(6-15(23)30)28-17(32)11(22)5-10-8-25-9-26-10/h8-9,11-14H,1-7,21-22H2,(H2,23,30)(H2,24,31)(H,25,26)(H,27,33)(H,28,32)(H,29,34)(H,35,36). The van der Waals surface area contributed by atoms with Crippen LogP contribution in [0.3, 0.4) is 0 Å². The van der Waals surface area contributed by atoms with Crippen LogP contribution in [-0.4, -0.2) is 81.3 Å². The lowest BCUT2D eigenvalue weighted by atomic mass is 10.1. The lowest BCUT2D eigenvalue weighted by Gasteiger charge is -2.24. The Bertz CT molecular complexity index is 923. The molecule has 0 radical (unpaired) electrons. The van der Waals surface area contributed by atoms with Crippen LogP contribution in [0.2, 0.25) is 0 Å². The van der Waals surface area contributed by atoms with Crippen molar-refractivity contribution in [3.05, 3.63) is 18.2 Å². The van der Waals surface area contributed by atoms with E-state index in [0.717, 1.165) is 0 Å². The highest BCUT2D eigenvalue weighted by molar-refractivity contribution is 5.97. The second-order valence-corrected chi connectivity index (χ2v) is 8.03.